The third-order valence-electron chi connectivity index (χ3n) is 5.66. The van der Waals surface area contributed by atoms with E-state index in [1.165, 1.54) is 4.90 Å². The number of nitrogens with two attached hydrogens (primary N) is 1. The van der Waals surface area contributed by atoms with Crippen molar-refractivity contribution in [2.75, 3.05) is 5.73 Å². The molecular weight excluding hydrogens is 326 g/mol. The van der Waals surface area contributed by atoms with E-state index in [1.54, 1.807) is 36.7 Å². The second kappa shape index (κ2) is 5.94. The molecule has 5 heteroatoms. The maximum atomic E-state index is 12.9. The monoisotopic (exact) mass is 349 g/mol. The van der Waals surface area contributed by atoms with Gasteiger partial charge >= 0.3 is 0 Å². The SMILES string of the molecule is CC1(C)C[C@@H](c2ccncc2N)C[C@@H](N2C(=O)c3ccccc3C2=O)C1. The molecule has 0 saturated heterocycles. The Labute approximate surface area is 153 Å². The molecule has 2 aromatic rings. The number of benzene rings is 1. The highest BCUT2D eigenvalue weighted by Crippen LogP contribution is 2.47. The predicted octanol–water partition coefficient (Wildman–Crippen LogP) is 3.62. The third kappa shape index (κ3) is 2.68. The first-order chi connectivity index (χ1) is 12.4. The zero-order chi connectivity index (χ0) is 18.5. The van der Waals surface area contributed by atoms with Gasteiger partial charge in [-0.05, 0) is 54.4 Å². The predicted molar refractivity (Wildman–Crippen MR) is 99.8 cm³/mol. The molecule has 2 aliphatic rings. The lowest BCUT2D eigenvalue weighted by atomic mass is 9.67. The van der Waals surface area contributed by atoms with E-state index in [1.807, 2.05) is 6.07 Å². The second-order valence-corrected chi connectivity index (χ2v) is 8.19. The van der Waals surface area contributed by atoms with Crippen molar-refractivity contribution in [2.24, 2.45) is 5.41 Å². The van der Waals surface area contributed by atoms with E-state index in [0.29, 0.717) is 16.8 Å². The molecule has 1 aliphatic heterocycles. The van der Waals surface area contributed by atoms with Crippen LogP contribution in [0, 0.1) is 5.41 Å². The Kier molecular flexibility index (Phi) is 3.83. The van der Waals surface area contributed by atoms with Gasteiger partial charge in [-0.2, -0.15) is 0 Å². The lowest BCUT2D eigenvalue weighted by molar-refractivity contribution is 0.0448. The molecule has 2 heterocycles. The van der Waals surface area contributed by atoms with Crippen molar-refractivity contribution in [3.63, 3.8) is 0 Å². The Morgan fingerprint density at radius 1 is 1.08 bits per heavy atom. The summed E-state index contributed by atoms with van der Waals surface area (Å²) < 4.78 is 0. The lowest BCUT2D eigenvalue weighted by Crippen LogP contribution is -2.46. The van der Waals surface area contributed by atoms with Crippen LogP contribution in [0.5, 0.6) is 0 Å². The molecule has 1 aromatic heterocycles. The molecule has 0 spiro atoms. The zero-order valence-electron chi connectivity index (χ0n) is 15.1. The number of nitrogen functional groups attached to an aromatic ring is 1. The van der Waals surface area contributed by atoms with Gasteiger partial charge in [0.1, 0.15) is 0 Å². The van der Waals surface area contributed by atoms with Gasteiger partial charge in [0.2, 0.25) is 0 Å². The fourth-order valence-electron chi connectivity index (χ4n) is 4.65. The summed E-state index contributed by atoms with van der Waals surface area (Å²) in [6, 6.07) is 8.92. The number of carbonyl (C=O) groups is 2. The molecule has 26 heavy (non-hydrogen) atoms. The average molecular weight is 349 g/mol. The van der Waals surface area contributed by atoms with Crippen LogP contribution in [0.15, 0.2) is 42.7 Å². The van der Waals surface area contributed by atoms with Crippen LogP contribution in [0.2, 0.25) is 0 Å². The molecule has 2 N–H and O–H groups in total. The zero-order valence-corrected chi connectivity index (χ0v) is 15.1. The van der Waals surface area contributed by atoms with Crippen LogP contribution in [-0.4, -0.2) is 27.7 Å². The number of nitrogens with zero attached hydrogens (tertiary/aromatic N) is 2. The normalized spacial score (nSPS) is 24.6. The summed E-state index contributed by atoms with van der Waals surface area (Å²) in [5, 5.41) is 0. The van der Waals surface area contributed by atoms with Crippen molar-refractivity contribution in [1.29, 1.82) is 0 Å². The molecule has 1 aromatic carbocycles. The van der Waals surface area contributed by atoms with E-state index >= 15 is 0 Å². The van der Waals surface area contributed by atoms with Gasteiger partial charge in [-0.15, -0.1) is 0 Å². The number of anilines is 1. The summed E-state index contributed by atoms with van der Waals surface area (Å²) >= 11 is 0. The van der Waals surface area contributed by atoms with E-state index in [0.717, 1.165) is 24.8 Å². The largest absolute Gasteiger partial charge is 0.397 e. The van der Waals surface area contributed by atoms with Crippen LogP contribution in [0.25, 0.3) is 0 Å². The van der Waals surface area contributed by atoms with Crippen molar-refractivity contribution in [3.8, 4) is 0 Å². The van der Waals surface area contributed by atoms with Gasteiger partial charge in [0.05, 0.1) is 23.0 Å². The number of pyridine rings is 1. The Morgan fingerprint density at radius 3 is 2.35 bits per heavy atom. The first-order valence-electron chi connectivity index (χ1n) is 9.04. The van der Waals surface area contributed by atoms with Crippen molar-refractivity contribution in [1.82, 2.24) is 9.88 Å². The van der Waals surface area contributed by atoms with Crippen LogP contribution in [0.3, 0.4) is 0 Å². The quantitative estimate of drug-likeness (QED) is 0.840. The average Bonchev–Trinajstić information content (AvgIpc) is 2.85. The number of aromatic nitrogens is 1. The van der Waals surface area contributed by atoms with E-state index in [9.17, 15) is 9.59 Å². The minimum Gasteiger partial charge on any atom is -0.397 e. The molecule has 1 saturated carbocycles. The maximum Gasteiger partial charge on any atom is 0.261 e. The fraction of sp³-hybridized carbons (Fsp3) is 0.381. The number of carbonyl (C=O) groups excluding carboxylic acids is 2. The highest BCUT2D eigenvalue weighted by molar-refractivity contribution is 6.21. The van der Waals surface area contributed by atoms with Crippen LogP contribution >= 0.6 is 0 Å². The topological polar surface area (TPSA) is 76.3 Å². The Bertz CT molecular complexity index is 855. The molecule has 4 rings (SSSR count). The summed E-state index contributed by atoms with van der Waals surface area (Å²) in [6.45, 7) is 4.39. The molecule has 0 bridgehead atoms. The molecule has 5 nitrogen and oxygen atoms in total. The molecular formula is C21H23N3O2. The first-order valence-corrected chi connectivity index (χ1v) is 9.04. The standard InChI is InChI=1S/C21H23N3O2/c1-21(2)10-13(15-7-8-23-12-18(15)22)9-14(11-21)24-19(25)16-5-3-4-6-17(16)20(24)26/h3-8,12-14H,9-11,22H2,1-2H3/t13-,14+/m0/s1. The minimum absolute atomic E-state index is 0.0125. The van der Waals surface area contributed by atoms with Crippen LogP contribution in [-0.2, 0) is 0 Å². The van der Waals surface area contributed by atoms with Gasteiger partial charge < -0.3 is 5.73 Å². The Balaban J connectivity index is 1.68. The summed E-state index contributed by atoms with van der Waals surface area (Å²) in [5.74, 6) is -0.138. The Morgan fingerprint density at radius 2 is 1.73 bits per heavy atom. The van der Waals surface area contributed by atoms with Gasteiger partial charge in [-0.25, -0.2) is 0 Å². The molecule has 0 unspecified atom stereocenters. The summed E-state index contributed by atoms with van der Waals surface area (Å²) in [5.41, 5.74) is 8.94. The highest BCUT2D eigenvalue weighted by atomic mass is 16.2. The van der Waals surface area contributed by atoms with E-state index in [-0.39, 0.29) is 29.2 Å². The van der Waals surface area contributed by atoms with Crippen LogP contribution in [0.4, 0.5) is 5.69 Å². The van der Waals surface area contributed by atoms with Crippen LogP contribution in [0.1, 0.15) is 65.3 Å². The fourth-order valence-corrected chi connectivity index (χ4v) is 4.65. The van der Waals surface area contributed by atoms with Gasteiger partial charge in [-0.3, -0.25) is 19.5 Å². The summed E-state index contributed by atoms with van der Waals surface area (Å²) in [6.07, 6.45) is 5.95. The van der Waals surface area contributed by atoms with Gasteiger partial charge in [0, 0.05) is 12.2 Å². The van der Waals surface area contributed by atoms with E-state index < -0.39 is 0 Å². The molecule has 1 aliphatic carbocycles. The minimum atomic E-state index is -0.172. The van der Waals surface area contributed by atoms with Crippen molar-refractivity contribution < 1.29 is 9.59 Å². The molecule has 2 amide bonds. The Hall–Kier alpha value is -2.69. The summed E-state index contributed by atoms with van der Waals surface area (Å²) in [7, 11) is 0. The molecule has 134 valence electrons. The smallest absolute Gasteiger partial charge is 0.261 e. The molecule has 2 atom stereocenters. The maximum absolute atomic E-state index is 12.9. The highest BCUT2D eigenvalue weighted by Gasteiger charge is 2.45. The van der Waals surface area contributed by atoms with Gasteiger partial charge in [0.15, 0.2) is 0 Å². The van der Waals surface area contributed by atoms with E-state index in [4.69, 9.17) is 5.73 Å². The first kappa shape index (κ1) is 16.8. The number of hydrogen-bond acceptors (Lipinski definition) is 4. The van der Waals surface area contributed by atoms with E-state index in [2.05, 4.69) is 18.8 Å². The van der Waals surface area contributed by atoms with Gasteiger partial charge in [0.25, 0.3) is 11.8 Å². The molecule has 1 fully saturated rings. The van der Waals surface area contributed by atoms with Gasteiger partial charge in [-0.1, -0.05) is 26.0 Å². The lowest BCUT2D eigenvalue weighted by Gasteiger charge is -2.43. The number of imide groups is 1. The number of rotatable bonds is 2. The second-order valence-electron chi connectivity index (χ2n) is 8.19. The molecule has 0 radical (unpaired) electrons. The third-order valence-corrected chi connectivity index (χ3v) is 5.66. The number of hydrogen-bond donors (Lipinski definition) is 1. The van der Waals surface area contributed by atoms with Crippen molar-refractivity contribution in [2.45, 2.75) is 45.1 Å². The number of amides is 2. The van der Waals surface area contributed by atoms with Crippen molar-refractivity contribution >= 4 is 17.5 Å². The number of fused-ring (bicyclic) bond motifs is 1. The van der Waals surface area contributed by atoms with Crippen molar-refractivity contribution in [3.05, 3.63) is 59.4 Å². The summed E-state index contributed by atoms with van der Waals surface area (Å²) in [4.78, 5) is 31.4. The van der Waals surface area contributed by atoms with Crippen LogP contribution < -0.4 is 5.73 Å².